The number of hydrogen-bond acceptors (Lipinski definition) is 2. The van der Waals surface area contributed by atoms with Gasteiger partial charge in [0.05, 0.1) is 5.56 Å². The van der Waals surface area contributed by atoms with Gasteiger partial charge in [0, 0.05) is 20.2 Å². The number of carbonyl (C=O) groups excluding carboxylic acids is 1. The fourth-order valence-electron chi connectivity index (χ4n) is 1.56. The SMILES string of the molecule is Nc1ccc(C(=O)c2c(F)cccc2Br)c(Br)c1. The third-order valence-electron chi connectivity index (χ3n) is 2.43. The van der Waals surface area contributed by atoms with E-state index in [1.165, 1.54) is 12.1 Å². The number of carbonyl (C=O) groups is 1. The van der Waals surface area contributed by atoms with Gasteiger partial charge in [0.1, 0.15) is 5.82 Å². The van der Waals surface area contributed by atoms with Gasteiger partial charge in [-0.2, -0.15) is 0 Å². The van der Waals surface area contributed by atoms with E-state index in [0.717, 1.165) is 0 Å². The maximum absolute atomic E-state index is 13.7. The summed E-state index contributed by atoms with van der Waals surface area (Å²) in [6, 6.07) is 9.20. The van der Waals surface area contributed by atoms with E-state index in [9.17, 15) is 9.18 Å². The number of nitrogen functional groups attached to an aromatic ring is 1. The third kappa shape index (κ3) is 2.47. The Morgan fingerprint density at radius 1 is 1.11 bits per heavy atom. The molecule has 0 aliphatic heterocycles. The van der Waals surface area contributed by atoms with E-state index in [0.29, 0.717) is 20.2 Å². The molecule has 2 nitrogen and oxygen atoms in total. The van der Waals surface area contributed by atoms with Crippen LogP contribution in [-0.4, -0.2) is 5.78 Å². The lowest BCUT2D eigenvalue weighted by atomic mass is 10.0. The van der Waals surface area contributed by atoms with Crippen LogP contribution in [0, 0.1) is 5.82 Å². The van der Waals surface area contributed by atoms with Crippen molar-refractivity contribution in [1.82, 2.24) is 0 Å². The summed E-state index contributed by atoms with van der Waals surface area (Å²) in [7, 11) is 0. The van der Waals surface area contributed by atoms with E-state index in [-0.39, 0.29) is 5.56 Å². The van der Waals surface area contributed by atoms with Gasteiger partial charge in [-0.05, 0) is 62.2 Å². The zero-order valence-electron chi connectivity index (χ0n) is 9.08. The summed E-state index contributed by atoms with van der Waals surface area (Å²) in [5.41, 5.74) is 6.52. The van der Waals surface area contributed by atoms with Crippen LogP contribution < -0.4 is 5.73 Å². The van der Waals surface area contributed by atoms with Crippen molar-refractivity contribution in [1.29, 1.82) is 0 Å². The first-order valence-electron chi connectivity index (χ1n) is 5.04. The number of ketones is 1. The highest BCUT2D eigenvalue weighted by atomic mass is 79.9. The van der Waals surface area contributed by atoms with Gasteiger partial charge in [-0.1, -0.05) is 6.07 Å². The molecule has 0 heterocycles. The van der Waals surface area contributed by atoms with Gasteiger partial charge < -0.3 is 5.73 Å². The highest BCUT2D eigenvalue weighted by Gasteiger charge is 2.19. The summed E-state index contributed by atoms with van der Waals surface area (Å²) >= 11 is 6.44. The van der Waals surface area contributed by atoms with E-state index in [1.54, 1.807) is 24.3 Å². The van der Waals surface area contributed by atoms with E-state index in [4.69, 9.17) is 5.73 Å². The number of benzene rings is 2. The normalized spacial score (nSPS) is 10.4. The Labute approximate surface area is 120 Å². The topological polar surface area (TPSA) is 43.1 Å². The van der Waals surface area contributed by atoms with Crippen molar-refractivity contribution in [2.24, 2.45) is 0 Å². The Hall–Kier alpha value is -1.20. The number of nitrogens with two attached hydrogens (primary N) is 1. The monoisotopic (exact) mass is 371 g/mol. The Balaban J connectivity index is 2.55. The van der Waals surface area contributed by atoms with Gasteiger partial charge in [0.25, 0.3) is 0 Å². The standard InChI is InChI=1S/C13H8Br2FNO/c14-9-2-1-3-11(16)12(9)13(18)8-5-4-7(17)6-10(8)15/h1-6H,17H2. The minimum atomic E-state index is -0.557. The Bertz CT molecular complexity index is 608. The highest BCUT2D eigenvalue weighted by Crippen LogP contribution is 2.27. The van der Waals surface area contributed by atoms with Crippen molar-refractivity contribution in [2.45, 2.75) is 0 Å². The van der Waals surface area contributed by atoms with Crippen molar-refractivity contribution in [3.05, 3.63) is 62.3 Å². The van der Waals surface area contributed by atoms with Gasteiger partial charge in [0.15, 0.2) is 5.78 Å². The van der Waals surface area contributed by atoms with Crippen molar-refractivity contribution in [2.75, 3.05) is 5.73 Å². The molecule has 18 heavy (non-hydrogen) atoms. The lowest BCUT2D eigenvalue weighted by Gasteiger charge is -2.07. The van der Waals surface area contributed by atoms with E-state index in [1.807, 2.05) is 0 Å². The molecule has 0 fully saturated rings. The molecule has 5 heteroatoms. The zero-order chi connectivity index (χ0) is 13.3. The Morgan fingerprint density at radius 3 is 2.44 bits per heavy atom. The van der Waals surface area contributed by atoms with Crippen LogP contribution in [0.25, 0.3) is 0 Å². The van der Waals surface area contributed by atoms with Crippen LogP contribution in [0.3, 0.4) is 0 Å². The maximum Gasteiger partial charge on any atom is 0.198 e. The van der Waals surface area contributed by atoms with Crippen molar-refractivity contribution in [3.8, 4) is 0 Å². The molecule has 0 atom stereocenters. The number of rotatable bonds is 2. The number of halogens is 3. The molecule has 0 amide bonds. The molecule has 0 aromatic heterocycles. The first-order chi connectivity index (χ1) is 8.50. The van der Waals surface area contributed by atoms with Gasteiger partial charge in [0.2, 0.25) is 0 Å². The van der Waals surface area contributed by atoms with Crippen LogP contribution in [0.1, 0.15) is 15.9 Å². The lowest BCUT2D eigenvalue weighted by molar-refractivity contribution is 0.103. The third-order valence-corrected chi connectivity index (χ3v) is 3.74. The first kappa shape index (κ1) is 13.2. The molecule has 2 aromatic rings. The molecule has 2 N–H and O–H groups in total. The molecule has 0 saturated heterocycles. The highest BCUT2D eigenvalue weighted by molar-refractivity contribution is 9.11. The van der Waals surface area contributed by atoms with Crippen LogP contribution in [0.4, 0.5) is 10.1 Å². The summed E-state index contributed by atoms with van der Waals surface area (Å²) < 4.78 is 14.7. The minimum absolute atomic E-state index is 0.0166. The molecule has 2 rings (SSSR count). The first-order valence-corrected chi connectivity index (χ1v) is 6.63. The van der Waals surface area contributed by atoms with Crippen LogP contribution in [0.2, 0.25) is 0 Å². The van der Waals surface area contributed by atoms with Crippen molar-refractivity contribution in [3.63, 3.8) is 0 Å². The van der Waals surface area contributed by atoms with Crippen LogP contribution in [-0.2, 0) is 0 Å². The average molecular weight is 373 g/mol. The Kier molecular flexibility index (Phi) is 3.82. The average Bonchev–Trinajstić information content (AvgIpc) is 2.28. The minimum Gasteiger partial charge on any atom is -0.399 e. The smallest absolute Gasteiger partial charge is 0.198 e. The molecular formula is C13H8Br2FNO. The fraction of sp³-hybridized carbons (Fsp3) is 0. The van der Waals surface area contributed by atoms with Gasteiger partial charge in [-0.3, -0.25) is 4.79 Å². The Morgan fingerprint density at radius 2 is 1.83 bits per heavy atom. The second kappa shape index (κ2) is 5.20. The molecular weight excluding hydrogens is 365 g/mol. The van der Waals surface area contributed by atoms with Crippen LogP contribution >= 0.6 is 31.9 Å². The predicted molar refractivity (Wildman–Crippen MR) is 76.1 cm³/mol. The molecule has 0 saturated carbocycles. The summed E-state index contributed by atoms with van der Waals surface area (Å²) in [5, 5.41) is 0. The zero-order valence-corrected chi connectivity index (χ0v) is 12.3. The van der Waals surface area contributed by atoms with E-state index >= 15 is 0 Å². The van der Waals surface area contributed by atoms with Crippen LogP contribution in [0.15, 0.2) is 45.3 Å². The quantitative estimate of drug-likeness (QED) is 0.635. The molecule has 2 aromatic carbocycles. The van der Waals surface area contributed by atoms with Crippen molar-refractivity contribution < 1.29 is 9.18 Å². The molecule has 0 aliphatic rings. The molecule has 0 aliphatic carbocycles. The second-order valence-electron chi connectivity index (χ2n) is 3.67. The molecule has 0 spiro atoms. The molecule has 92 valence electrons. The molecule has 0 radical (unpaired) electrons. The van der Waals surface area contributed by atoms with Gasteiger partial charge >= 0.3 is 0 Å². The van der Waals surface area contributed by atoms with E-state index in [2.05, 4.69) is 31.9 Å². The number of anilines is 1. The summed E-state index contributed by atoms with van der Waals surface area (Å²) in [6.45, 7) is 0. The molecule has 0 unspecified atom stereocenters. The summed E-state index contributed by atoms with van der Waals surface area (Å²) in [5.74, 6) is -0.954. The fourth-order valence-corrected chi connectivity index (χ4v) is 2.66. The maximum atomic E-state index is 13.7. The second-order valence-corrected chi connectivity index (χ2v) is 5.37. The summed E-state index contributed by atoms with van der Waals surface area (Å²) in [4.78, 5) is 12.3. The van der Waals surface area contributed by atoms with Crippen molar-refractivity contribution >= 4 is 43.3 Å². The van der Waals surface area contributed by atoms with Gasteiger partial charge in [-0.15, -0.1) is 0 Å². The van der Waals surface area contributed by atoms with E-state index < -0.39 is 11.6 Å². The van der Waals surface area contributed by atoms with Gasteiger partial charge in [-0.25, -0.2) is 4.39 Å². The summed E-state index contributed by atoms with van der Waals surface area (Å²) in [6.07, 6.45) is 0. The predicted octanol–water partition coefficient (Wildman–Crippen LogP) is 4.16. The number of hydrogen-bond donors (Lipinski definition) is 1. The molecule has 0 bridgehead atoms. The van der Waals surface area contributed by atoms with Crippen LogP contribution in [0.5, 0.6) is 0 Å². The lowest BCUT2D eigenvalue weighted by Crippen LogP contribution is -2.06. The largest absolute Gasteiger partial charge is 0.399 e.